The molecule has 1 aromatic rings. The smallest absolute Gasteiger partial charge is 0.234 e. The Morgan fingerprint density at radius 2 is 1.71 bits per heavy atom. The molecule has 154 valence electrons. The van der Waals surface area contributed by atoms with Gasteiger partial charge in [-0.2, -0.15) is 0 Å². The zero-order chi connectivity index (χ0) is 19.8. The number of rotatable bonds is 6. The van der Waals surface area contributed by atoms with Gasteiger partial charge in [0.25, 0.3) is 0 Å². The van der Waals surface area contributed by atoms with E-state index in [0.717, 1.165) is 63.2 Å². The maximum atomic E-state index is 12.8. The molecule has 28 heavy (non-hydrogen) atoms. The summed E-state index contributed by atoms with van der Waals surface area (Å²) < 4.78 is 5.32. The molecule has 2 heterocycles. The number of carbonyl (C=O) groups excluding carboxylic acids is 2. The number of ether oxygens (including phenoxy) is 1. The van der Waals surface area contributed by atoms with Crippen LogP contribution in [0.5, 0.6) is 5.75 Å². The first-order valence-electron chi connectivity index (χ1n) is 10.6. The Hall–Kier alpha value is -2.08. The zero-order valence-electron chi connectivity index (χ0n) is 17.0. The van der Waals surface area contributed by atoms with E-state index >= 15 is 0 Å². The second kappa shape index (κ2) is 10.5. The number of para-hydroxylation sites is 1. The van der Waals surface area contributed by atoms with Crippen molar-refractivity contribution in [3.63, 3.8) is 0 Å². The molecule has 0 atom stereocenters. The molecular weight excluding hydrogens is 354 g/mol. The summed E-state index contributed by atoms with van der Waals surface area (Å²) in [6.45, 7) is 4.32. The van der Waals surface area contributed by atoms with Crippen LogP contribution in [0.15, 0.2) is 24.3 Å². The Balaban J connectivity index is 1.40. The zero-order valence-corrected chi connectivity index (χ0v) is 17.0. The lowest BCUT2D eigenvalue weighted by molar-refractivity contribution is -0.137. The fourth-order valence-electron chi connectivity index (χ4n) is 4.19. The van der Waals surface area contributed by atoms with Crippen LogP contribution in [-0.4, -0.2) is 61.4 Å². The highest BCUT2D eigenvalue weighted by atomic mass is 16.5. The molecule has 1 N–H and O–H groups in total. The SMILES string of the molecule is COc1ccccc1CNC(=O)CN1CCC(C(=O)N2CCCCCC2)CC1. The molecule has 1 aromatic carbocycles. The molecule has 0 aliphatic carbocycles. The molecule has 0 unspecified atom stereocenters. The van der Waals surface area contributed by atoms with Crippen molar-refractivity contribution in [2.75, 3.05) is 39.8 Å². The molecule has 0 radical (unpaired) electrons. The van der Waals surface area contributed by atoms with Crippen LogP contribution in [0.4, 0.5) is 0 Å². The predicted molar refractivity (Wildman–Crippen MR) is 109 cm³/mol. The third-order valence-electron chi connectivity index (χ3n) is 5.89. The highest BCUT2D eigenvalue weighted by Crippen LogP contribution is 2.22. The van der Waals surface area contributed by atoms with Crippen molar-refractivity contribution >= 4 is 11.8 Å². The van der Waals surface area contributed by atoms with Crippen molar-refractivity contribution in [1.82, 2.24) is 15.1 Å². The van der Waals surface area contributed by atoms with Gasteiger partial charge in [0.2, 0.25) is 11.8 Å². The molecule has 0 spiro atoms. The largest absolute Gasteiger partial charge is 0.496 e. The average Bonchev–Trinajstić information content (AvgIpc) is 3.02. The number of nitrogens with one attached hydrogen (secondary N) is 1. The third-order valence-corrected chi connectivity index (χ3v) is 5.89. The van der Waals surface area contributed by atoms with E-state index in [-0.39, 0.29) is 11.8 Å². The summed E-state index contributed by atoms with van der Waals surface area (Å²) in [6.07, 6.45) is 6.47. The molecule has 3 rings (SSSR count). The molecule has 6 nitrogen and oxygen atoms in total. The number of amides is 2. The number of piperidine rings is 1. The number of carbonyl (C=O) groups is 2. The van der Waals surface area contributed by atoms with Gasteiger partial charge in [-0.3, -0.25) is 14.5 Å². The van der Waals surface area contributed by atoms with E-state index in [2.05, 4.69) is 15.1 Å². The standard InChI is InChI=1S/C22H33N3O3/c1-28-20-9-5-4-8-19(20)16-23-21(26)17-24-14-10-18(11-15-24)22(27)25-12-6-2-3-7-13-25/h4-5,8-9,18H,2-3,6-7,10-17H2,1H3,(H,23,26). The molecule has 2 fully saturated rings. The molecule has 0 bridgehead atoms. The van der Waals surface area contributed by atoms with Crippen LogP contribution in [0.25, 0.3) is 0 Å². The van der Waals surface area contributed by atoms with Gasteiger partial charge < -0.3 is 15.0 Å². The van der Waals surface area contributed by atoms with E-state index in [0.29, 0.717) is 19.0 Å². The second-order valence-corrected chi connectivity index (χ2v) is 7.88. The number of likely N-dealkylation sites (tertiary alicyclic amines) is 2. The van der Waals surface area contributed by atoms with Crippen molar-refractivity contribution in [2.45, 2.75) is 45.1 Å². The Morgan fingerprint density at radius 1 is 1.04 bits per heavy atom. The predicted octanol–water partition coefficient (Wildman–Crippen LogP) is 2.43. The molecule has 2 amide bonds. The number of hydrogen-bond donors (Lipinski definition) is 1. The lowest BCUT2D eigenvalue weighted by Gasteiger charge is -2.33. The molecule has 2 saturated heterocycles. The minimum absolute atomic E-state index is 0.0169. The highest BCUT2D eigenvalue weighted by Gasteiger charge is 2.29. The van der Waals surface area contributed by atoms with Crippen LogP contribution >= 0.6 is 0 Å². The first-order valence-corrected chi connectivity index (χ1v) is 10.6. The Bertz CT molecular complexity index is 648. The summed E-state index contributed by atoms with van der Waals surface area (Å²) in [4.78, 5) is 29.3. The first-order chi connectivity index (χ1) is 13.7. The second-order valence-electron chi connectivity index (χ2n) is 7.88. The van der Waals surface area contributed by atoms with E-state index in [1.807, 2.05) is 24.3 Å². The third kappa shape index (κ3) is 5.71. The molecule has 6 heteroatoms. The van der Waals surface area contributed by atoms with Gasteiger partial charge in [-0.05, 0) is 44.8 Å². The summed E-state index contributed by atoms with van der Waals surface area (Å²) in [5.74, 6) is 1.27. The van der Waals surface area contributed by atoms with Crippen molar-refractivity contribution in [2.24, 2.45) is 5.92 Å². The maximum absolute atomic E-state index is 12.8. The van der Waals surface area contributed by atoms with Gasteiger partial charge in [-0.25, -0.2) is 0 Å². The van der Waals surface area contributed by atoms with Crippen molar-refractivity contribution < 1.29 is 14.3 Å². The molecule has 0 saturated carbocycles. The van der Waals surface area contributed by atoms with E-state index in [1.165, 1.54) is 12.8 Å². The van der Waals surface area contributed by atoms with Crippen LogP contribution in [0.2, 0.25) is 0 Å². The molecule has 0 aromatic heterocycles. The fourth-order valence-corrected chi connectivity index (χ4v) is 4.19. The van der Waals surface area contributed by atoms with Gasteiger partial charge >= 0.3 is 0 Å². The highest BCUT2D eigenvalue weighted by molar-refractivity contribution is 5.79. The van der Waals surface area contributed by atoms with E-state index in [1.54, 1.807) is 7.11 Å². The van der Waals surface area contributed by atoms with Crippen LogP contribution < -0.4 is 10.1 Å². The topological polar surface area (TPSA) is 61.9 Å². The Morgan fingerprint density at radius 3 is 2.39 bits per heavy atom. The minimum Gasteiger partial charge on any atom is -0.496 e. The summed E-state index contributed by atoms with van der Waals surface area (Å²) in [7, 11) is 1.64. The summed E-state index contributed by atoms with van der Waals surface area (Å²) >= 11 is 0. The van der Waals surface area contributed by atoms with Gasteiger partial charge in [-0.1, -0.05) is 31.0 Å². The van der Waals surface area contributed by atoms with Crippen molar-refractivity contribution in [3.8, 4) is 5.75 Å². The quantitative estimate of drug-likeness (QED) is 0.814. The number of hydrogen-bond acceptors (Lipinski definition) is 4. The number of benzene rings is 1. The van der Waals surface area contributed by atoms with Gasteiger partial charge in [0.05, 0.1) is 13.7 Å². The van der Waals surface area contributed by atoms with E-state index in [4.69, 9.17) is 4.74 Å². The maximum Gasteiger partial charge on any atom is 0.234 e. The molecule has 2 aliphatic rings. The Labute approximate surface area is 168 Å². The summed E-state index contributed by atoms with van der Waals surface area (Å²) in [6, 6.07) is 7.71. The number of nitrogens with zero attached hydrogens (tertiary/aromatic N) is 2. The fraction of sp³-hybridized carbons (Fsp3) is 0.636. The van der Waals surface area contributed by atoms with Gasteiger partial charge in [0, 0.05) is 31.1 Å². The normalized spacial score (nSPS) is 19.1. The van der Waals surface area contributed by atoms with E-state index < -0.39 is 0 Å². The van der Waals surface area contributed by atoms with Crippen molar-refractivity contribution in [3.05, 3.63) is 29.8 Å². The van der Waals surface area contributed by atoms with E-state index in [9.17, 15) is 9.59 Å². The van der Waals surface area contributed by atoms with Gasteiger partial charge in [0.1, 0.15) is 5.75 Å². The molecular formula is C22H33N3O3. The van der Waals surface area contributed by atoms with Crippen LogP contribution in [0.3, 0.4) is 0 Å². The first kappa shape index (κ1) is 20.6. The average molecular weight is 388 g/mol. The number of methoxy groups -OCH3 is 1. The molecule has 2 aliphatic heterocycles. The lowest BCUT2D eigenvalue weighted by atomic mass is 9.95. The monoisotopic (exact) mass is 387 g/mol. The summed E-state index contributed by atoms with van der Waals surface area (Å²) in [5.41, 5.74) is 0.972. The van der Waals surface area contributed by atoms with Crippen LogP contribution in [0, 0.1) is 5.92 Å². The van der Waals surface area contributed by atoms with Gasteiger partial charge in [-0.15, -0.1) is 0 Å². The Kier molecular flexibility index (Phi) is 7.71. The minimum atomic E-state index is 0.0169. The lowest BCUT2D eigenvalue weighted by Crippen LogP contribution is -2.45. The van der Waals surface area contributed by atoms with Gasteiger partial charge in [0.15, 0.2) is 0 Å². The van der Waals surface area contributed by atoms with Crippen LogP contribution in [0.1, 0.15) is 44.1 Å². The van der Waals surface area contributed by atoms with Crippen molar-refractivity contribution in [1.29, 1.82) is 0 Å². The summed E-state index contributed by atoms with van der Waals surface area (Å²) in [5, 5.41) is 2.98. The van der Waals surface area contributed by atoms with Crippen LogP contribution in [-0.2, 0) is 16.1 Å².